The Kier molecular flexibility index (Phi) is 4.01. The molecule has 0 fully saturated rings. The van der Waals surface area contributed by atoms with Crippen LogP contribution in [0.2, 0.25) is 0 Å². The molecule has 2 aromatic rings. The average Bonchev–Trinajstić information content (AvgIpc) is 2.97. The number of hydrogen-bond donors (Lipinski definition) is 2. The van der Waals surface area contributed by atoms with Crippen LogP contribution in [0.25, 0.3) is 0 Å². The molecule has 1 atom stereocenters. The van der Waals surface area contributed by atoms with E-state index in [9.17, 15) is 9.59 Å². The zero-order valence-corrected chi connectivity index (χ0v) is 11.2. The maximum absolute atomic E-state index is 12.1. The van der Waals surface area contributed by atoms with Gasteiger partial charge in [0, 0.05) is 6.20 Å². The van der Waals surface area contributed by atoms with Crippen molar-refractivity contribution in [3.63, 3.8) is 0 Å². The minimum absolute atomic E-state index is 0.105. The van der Waals surface area contributed by atoms with Crippen molar-refractivity contribution in [2.75, 3.05) is 0 Å². The van der Waals surface area contributed by atoms with E-state index < -0.39 is 5.97 Å². The number of aromatic nitrogens is 1. The first kappa shape index (κ1) is 13.4. The van der Waals surface area contributed by atoms with E-state index in [0.29, 0.717) is 5.69 Å². The fraction of sp³-hybridized carbons (Fsp3) is 0.231. The summed E-state index contributed by atoms with van der Waals surface area (Å²) in [7, 11) is 0. The Morgan fingerprint density at radius 2 is 2.26 bits per heavy atom. The molecule has 0 radical (unpaired) electrons. The number of thiophene rings is 1. The van der Waals surface area contributed by atoms with E-state index in [0.717, 1.165) is 5.56 Å². The van der Waals surface area contributed by atoms with Crippen LogP contribution in [-0.2, 0) is 11.3 Å². The monoisotopic (exact) mass is 278 g/mol. The molecule has 0 aliphatic heterocycles. The van der Waals surface area contributed by atoms with E-state index in [-0.39, 0.29) is 18.5 Å². The molecule has 0 aliphatic carbocycles. The van der Waals surface area contributed by atoms with Gasteiger partial charge < -0.3 is 15.0 Å². The highest BCUT2D eigenvalue weighted by Gasteiger charge is 2.15. The molecule has 0 spiro atoms. The van der Waals surface area contributed by atoms with Crippen LogP contribution in [0.15, 0.2) is 35.2 Å². The first-order valence-corrected chi connectivity index (χ1v) is 6.72. The Labute approximate surface area is 114 Å². The molecule has 1 unspecified atom stereocenters. The van der Waals surface area contributed by atoms with Crippen LogP contribution in [0.4, 0.5) is 0 Å². The molecular formula is C13H14N2O3S. The van der Waals surface area contributed by atoms with Crippen molar-refractivity contribution in [2.24, 2.45) is 0 Å². The van der Waals surface area contributed by atoms with E-state index >= 15 is 0 Å². The summed E-state index contributed by atoms with van der Waals surface area (Å²) in [5, 5.41) is 15.5. The van der Waals surface area contributed by atoms with Crippen molar-refractivity contribution in [2.45, 2.75) is 19.5 Å². The summed E-state index contributed by atoms with van der Waals surface area (Å²) in [6.45, 7) is 1.67. The second-order valence-corrected chi connectivity index (χ2v) is 4.95. The number of hydrogen-bond acceptors (Lipinski definition) is 3. The Hall–Kier alpha value is -2.08. The molecule has 2 rings (SSSR count). The first-order valence-electron chi connectivity index (χ1n) is 5.78. The van der Waals surface area contributed by atoms with Gasteiger partial charge in [0.1, 0.15) is 12.2 Å². The van der Waals surface area contributed by atoms with Gasteiger partial charge in [-0.25, -0.2) is 0 Å². The van der Waals surface area contributed by atoms with Gasteiger partial charge in [0.2, 0.25) is 0 Å². The Morgan fingerprint density at radius 1 is 1.47 bits per heavy atom. The lowest BCUT2D eigenvalue weighted by Crippen LogP contribution is -2.29. The second-order valence-electron chi connectivity index (χ2n) is 4.17. The van der Waals surface area contributed by atoms with Gasteiger partial charge in [0.15, 0.2) is 0 Å². The summed E-state index contributed by atoms with van der Waals surface area (Å²) in [6, 6.07) is 5.12. The molecule has 100 valence electrons. The Balaban J connectivity index is 2.08. The molecular weight excluding hydrogens is 264 g/mol. The lowest BCUT2D eigenvalue weighted by Gasteiger charge is -2.13. The normalized spacial score (nSPS) is 12.1. The standard InChI is InChI=1S/C13H14N2O3S/c1-9(10-4-6-19-8-10)14-13(18)11-3-2-5-15(11)7-12(16)17/h2-6,8-9H,7H2,1H3,(H,14,18)(H,16,17). The fourth-order valence-corrected chi connectivity index (χ4v) is 2.53. The van der Waals surface area contributed by atoms with Gasteiger partial charge in [-0.1, -0.05) is 0 Å². The van der Waals surface area contributed by atoms with Gasteiger partial charge in [0.25, 0.3) is 5.91 Å². The highest BCUT2D eigenvalue weighted by molar-refractivity contribution is 7.07. The van der Waals surface area contributed by atoms with Gasteiger partial charge in [-0.15, -0.1) is 0 Å². The van der Waals surface area contributed by atoms with Crippen molar-refractivity contribution in [1.82, 2.24) is 9.88 Å². The largest absolute Gasteiger partial charge is 0.480 e. The minimum Gasteiger partial charge on any atom is -0.480 e. The summed E-state index contributed by atoms with van der Waals surface area (Å²) >= 11 is 1.57. The quantitative estimate of drug-likeness (QED) is 0.880. The van der Waals surface area contributed by atoms with Crippen LogP contribution in [-0.4, -0.2) is 21.6 Å². The number of nitrogens with one attached hydrogen (secondary N) is 1. The smallest absolute Gasteiger partial charge is 0.323 e. The van der Waals surface area contributed by atoms with E-state index in [4.69, 9.17) is 5.11 Å². The number of carboxylic acids is 1. The third-order valence-electron chi connectivity index (χ3n) is 2.76. The van der Waals surface area contributed by atoms with E-state index in [2.05, 4.69) is 5.32 Å². The molecule has 2 heterocycles. The number of carboxylic acid groups (broad SMARTS) is 1. The van der Waals surface area contributed by atoms with Crippen LogP contribution in [0.1, 0.15) is 29.0 Å². The van der Waals surface area contributed by atoms with Gasteiger partial charge >= 0.3 is 5.97 Å². The summed E-state index contributed by atoms with van der Waals surface area (Å²) in [4.78, 5) is 22.8. The van der Waals surface area contributed by atoms with Crippen molar-refractivity contribution in [1.29, 1.82) is 0 Å². The van der Waals surface area contributed by atoms with E-state index in [1.165, 1.54) is 4.57 Å². The van der Waals surface area contributed by atoms with Crippen molar-refractivity contribution < 1.29 is 14.7 Å². The SMILES string of the molecule is CC(NC(=O)c1cccn1CC(=O)O)c1ccsc1. The van der Waals surface area contributed by atoms with Crippen LogP contribution >= 0.6 is 11.3 Å². The molecule has 1 amide bonds. The number of amides is 1. The number of carbonyl (C=O) groups is 2. The van der Waals surface area contributed by atoms with Gasteiger partial charge in [-0.3, -0.25) is 9.59 Å². The molecule has 0 aliphatic rings. The number of carbonyl (C=O) groups excluding carboxylic acids is 1. The molecule has 19 heavy (non-hydrogen) atoms. The molecule has 0 saturated carbocycles. The third kappa shape index (κ3) is 3.23. The predicted octanol–water partition coefficient (Wildman–Crippen LogP) is 2.13. The van der Waals surface area contributed by atoms with Crippen LogP contribution in [0.5, 0.6) is 0 Å². The molecule has 6 heteroatoms. The van der Waals surface area contributed by atoms with Gasteiger partial charge in [0.05, 0.1) is 6.04 Å². The highest BCUT2D eigenvalue weighted by atomic mass is 32.1. The average molecular weight is 278 g/mol. The summed E-state index contributed by atoms with van der Waals surface area (Å²) in [5.74, 6) is -1.25. The van der Waals surface area contributed by atoms with Crippen LogP contribution < -0.4 is 5.32 Å². The van der Waals surface area contributed by atoms with Crippen molar-refractivity contribution >= 4 is 23.2 Å². The Bertz CT molecular complexity index is 574. The minimum atomic E-state index is -0.976. The second kappa shape index (κ2) is 5.71. The molecule has 0 saturated heterocycles. The Morgan fingerprint density at radius 3 is 2.89 bits per heavy atom. The molecule has 0 aromatic carbocycles. The number of nitrogens with zero attached hydrogens (tertiary/aromatic N) is 1. The van der Waals surface area contributed by atoms with Crippen molar-refractivity contribution in [3.8, 4) is 0 Å². The highest BCUT2D eigenvalue weighted by Crippen LogP contribution is 2.16. The number of aliphatic carboxylic acids is 1. The maximum Gasteiger partial charge on any atom is 0.323 e. The zero-order valence-electron chi connectivity index (χ0n) is 10.4. The topological polar surface area (TPSA) is 71.3 Å². The molecule has 5 nitrogen and oxygen atoms in total. The third-order valence-corrected chi connectivity index (χ3v) is 3.46. The predicted molar refractivity (Wildman–Crippen MR) is 72.3 cm³/mol. The lowest BCUT2D eigenvalue weighted by molar-refractivity contribution is -0.137. The van der Waals surface area contributed by atoms with Crippen molar-refractivity contribution in [3.05, 3.63) is 46.4 Å². The molecule has 2 aromatic heterocycles. The van der Waals surface area contributed by atoms with Crippen LogP contribution in [0.3, 0.4) is 0 Å². The lowest BCUT2D eigenvalue weighted by atomic mass is 10.2. The van der Waals surface area contributed by atoms with E-state index in [1.54, 1.807) is 29.7 Å². The number of rotatable bonds is 5. The van der Waals surface area contributed by atoms with Crippen LogP contribution in [0, 0.1) is 0 Å². The van der Waals surface area contributed by atoms with Gasteiger partial charge in [-0.2, -0.15) is 11.3 Å². The summed E-state index contributed by atoms with van der Waals surface area (Å²) in [5.41, 5.74) is 1.39. The zero-order chi connectivity index (χ0) is 13.8. The van der Waals surface area contributed by atoms with Gasteiger partial charge in [-0.05, 0) is 41.4 Å². The fourth-order valence-electron chi connectivity index (χ4n) is 1.78. The molecule has 2 N–H and O–H groups in total. The molecule has 0 bridgehead atoms. The maximum atomic E-state index is 12.1. The summed E-state index contributed by atoms with van der Waals surface area (Å²) < 4.78 is 1.41. The summed E-state index contributed by atoms with van der Waals surface area (Å²) in [6.07, 6.45) is 1.58. The van der Waals surface area contributed by atoms with E-state index in [1.807, 2.05) is 23.8 Å². The first-order chi connectivity index (χ1) is 9.08.